The summed E-state index contributed by atoms with van der Waals surface area (Å²) < 4.78 is 0. The number of aliphatic imine (C=N–C) groups is 1. The van der Waals surface area contributed by atoms with E-state index >= 15 is 0 Å². The van der Waals surface area contributed by atoms with Crippen LogP contribution >= 0.6 is 0 Å². The molecule has 0 saturated carbocycles. The number of hydrogen-bond donors (Lipinski definition) is 0. The molecule has 0 spiro atoms. The normalized spacial score (nSPS) is 20.4. The van der Waals surface area contributed by atoms with Gasteiger partial charge in [-0.3, -0.25) is 4.99 Å². The molecule has 0 amide bonds. The van der Waals surface area contributed by atoms with Crippen LogP contribution in [0.15, 0.2) is 70.8 Å². The first-order chi connectivity index (χ1) is 9.22. The van der Waals surface area contributed by atoms with Crippen LogP contribution < -0.4 is 0 Å². The predicted molar refractivity (Wildman–Crippen MR) is 83.7 cm³/mol. The smallest absolute Gasteiger partial charge is 0.0751 e. The van der Waals surface area contributed by atoms with E-state index in [2.05, 4.69) is 69.3 Å². The average molecular weight is 251 g/mol. The number of benzene rings is 1. The Morgan fingerprint density at radius 2 is 2.00 bits per heavy atom. The van der Waals surface area contributed by atoms with Crippen molar-refractivity contribution in [1.82, 2.24) is 0 Å². The van der Waals surface area contributed by atoms with Crippen molar-refractivity contribution in [3.05, 3.63) is 71.3 Å². The van der Waals surface area contributed by atoms with E-state index in [9.17, 15) is 0 Å². The van der Waals surface area contributed by atoms with E-state index < -0.39 is 0 Å². The molecule has 1 aromatic rings. The molecule has 2 rings (SSSR count). The van der Waals surface area contributed by atoms with Crippen molar-refractivity contribution < 1.29 is 0 Å². The molecule has 19 heavy (non-hydrogen) atoms. The van der Waals surface area contributed by atoms with Gasteiger partial charge in [0.15, 0.2) is 0 Å². The Balaban J connectivity index is 2.39. The zero-order valence-electron chi connectivity index (χ0n) is 11.9. The standard InChI is InChI=1S/C18H21N/c1-4-14(2)18(16-11-6-5-7-12-16)19-17-13-9-8-10-15(17)3/h4-12,17H,13H2,1-3H3/b14-4-,19-18?. The minimum atomic E-state index is 0.273. The third-order valence-corrected chi connectivity index (χ3v) is 3.52. The van der Waals surface area contributed by atoms with Crippen LogP contribution in [0.1, 0.15) is 32.8 Å². The van der Waals surface area contributed by atoms with Gasteiger partial charge in [-0.2, -0.15) is 0 Å². The maximum atomic E-state index is 4.99. The molecule has 0 bridgehead atoms. The Morgan fingerprint density at radius 3 is 2.63 bits per heavy atom. The number of nitrogens with zero attached hydrogens (tertiary/aromatic N) is 1. The van der Waals surface area contributed by atoms with Gasteiger partial charge >= 0.3 is 0 Å². The fraction of sp³-hybridized carbons (Fsp3) is 0.278. The first-order valence-corrected chi connectivity index (χ1v) is 6.82. The summed E-state index contributed by atoms with van der Waals surface area (Å²) in [6.45, 7) is 6.35. The van der Waals surface area contributed by atoms with Crippen LogP contribution in [0.5, 0.6) is 0 Å². The Labute approximate surface area is 116 Å². The van der Waals surface area contributed by atoms with Crippen molar-refractivity contribution in [2.24, 2.45) is 4.99 Å². The molecule has 0 saturated heterocycles. The molecule has 1 aliphatic carbocycles. The summed E-state index contributed by atoms with van der Waals surface area (Å²) in [4.78, 5) is 4.99. The lowest BCUT2D eigenvalue weighted by atomic mass is 9.98. The Morgan fingerprint density at radius 1 is 1.26 bits per heavy atom. The summed E-state index contributed by atoms with van der Waals surface area (Å²) in [5.41, 5.74) is 4.87. The minimum Gasteiger partial charge on any atom is -0.276 e. The van der Waals surface area contributed by atoms with Crippen molar-refractivity contribution in [3.8, 4) is 0 Å². The lowest BCUT2D eigenvalue weighted by Crippen LogP contribution is -2.13. The van der Waals surface area contributed by atoms with E-state index in [1.165, 1.54) is 16.7 Å². The van der Waals surface area contributed by atoms with Crippen LogP contribution in [0, 0.1) is 0 Å². The number of rotatable bonds is 3. The second-order valence-corrected chi connectivity index (χ2v) is 4.91. The van der Waals surface area contributed by atoms with Crippen molar-refractivity contribution in [2.75, 3.05) is 0 Å². The van der Waals surface area contributed by atoms with Gasteiger partial charge in [0.1, 0.15) is 0 Å². The van der Waals surface area contributed by atoms with E-state index in [-0.39, 0.29) is 6.04 Å². The lowest BCUT2D eigenvalue weighted by molar-refractivity contribution is 0.776. The predicted octanol–water partition coefficient (Wildman–Crippen LogP) is 4.72. The Hall–Kier alpha value is -1.89. The van der Waals surface area contributed by atoms with Gasteiger partial charge in [-0.15, -0.1) is 0 Å². The summed E-state index contributed by atoms with van der Waals surface area (Å²) in [7, 11) is 0. The van der Waals surface area contributed by atoms with Gasteiger partial charge in [0.2, 0.25) is 0 Å². The summed E-state index contributed by atoms with van der Waals surface area (Å²) in [6.07, 6.45) is 9.59. The largest absolute Gasteiger partial charge is 0.276 e. The van der Waals surface area contributed by atoms with Gasteiger partial charge in [-0.25, -0.2) is 0 Å². The van der Waals surface area contributed by atoms with Crippen molar-refractivity contribution in [3.63, 3.8) is 0 Å². The molecule has 1 unspecified atom stereocenters. The topological polar surface area (TPSA) is 12.4 Å². The van der Waals surface area contributed by atoms with E-state index in [1.54, 1.807) is 0 Å². The van der Waals surface area contributed by atoms with Crippen molar-refractivity contribution in [1.29, 1.82) is 0 Å². The molecule has 98 valence electrons. The van der Waals surface area contributed by atoms with Crippen molar-refractivity contribution in [2.45, 2.75) is 33.2 Å². The minimum absolute atomic E-state index is 0.273. The number of allylic oxidation sites excluding steroid dienone is 4. The molecule has 1 aromatic carbocycles. The Kier molecular flexibility index (Phi) is 4.51. The fourth-order valence-electron chi connectivity index (χ4n) is 2.17. The van der Waals surface area contributed by atoms with E-state index in [1.807, 2.05) is 6.07 Å². The monoisotopic (exact) mass is 251 g/mol. The fourth-order valence-corrected chi connectivity index (χ4v) is 2.17. The zero-order chi connectivity index (χ0) is 13.7. The van der Waals surface area contributed by atoms with Crippen LogP contribution in [-0.4, -0.2) is 11.8 Å². The zero-order valence-corrected chi connectivity index (χ0v) is 11.9. The molecule has 1 atom stereocenters. The van der Waals surface area contributed by atoms with E-state index in [0.717, 1.165) is 12.1 Å². The average Bonchev–Trinajstić information content (AvgIpc) is 2.46. The van der Waals surface area contributed by atoms with Crippen molar-refractivity contribution >= 4 is 5.71 Å². The van der Waals surface area contributed by atoms with Gasteiger partial charge in [0.05, 0.1) is 11.8 Å². The quantitative estimate of drug-likeness (QED) is 0.689. The van der Waals surface area contributed by atoms with E-state index in [4.69, 9.17) is 4.99 Å². The van der Waals surface area contributed by atoms with Crippen LogP contribution in [0.2, 0.25) is 0 Å². The van der Waals surface area contributed by atoms with Crippen LogP contribution in [0.3, 0.4) is 0 Å². The van der Waals surface area contributed by atoms with Gasteiger partial charge in [-0.1, -0.05) is 54.6 Å². The van der Waals surface area contributed by atoms with Crippen LogP contribution in [0.25, 0.3) is 0 Å². The Bertz CT molecular complexity index is 544. The third kappa shape index (κ3) is 3.31. The van der Waals surface area contributed by atoms with Gasteiger partial charge in [0.25, 0.3) is 0 Å². The SMILES string of the molecule is C/C=C(/C)C(=NC1CC=CC=C1C)c1ccccc1. The second-order valence-electron chi connectivity index (χ2n) is 4.91. The van der Waals surface area contributed by atoms with E-state index in [0.29, 0.717) is 0 Å². The third-order valence-electron chi connectivity index (χ3n) is 3.52. The summed E-state index contributed by atoms with van der Waals surface area (Å²) in [6, 6.07) is 10.7. The molecule has 0 heterocycles. The molecule has 0 aliphatic heterocycles. The van der Waals surface area contributed by atoms with Gasteiger partial charge in [0, 0.05) is 0 Å². The molecular weight excluding hydrogens is 230 g/mol. The van der Waals surface area contributed by atoms with Crippen LogP contribution in [0.4, 0.5) is 0 Å². The maximum absolute atomic E-state index is 4.99. The molecule has 1 heteroatoms. The molecule has 0 aromatic heterocycles. The first kappa shape index (κ1) is 13.5. The first-order valence-electron chi connectivity index (χ1n) is 6.82. The molecule has 0 N–H and O–H groups in total. The number of hydrogen-bond acceptors (Lipinski definition) is 1. The molecule has 1 aliphatic rings. The molecule has 0 fully saturated rings. The van der Waals surface area contributed by atoms with Crippen LogP contribution in [-0.2, 0) is 0 Å². The molecule has 0 radical (unpaired) electrons. The summed E-state index contributed by atoms with van der Waals surface area (Å²) in [5, 5.41) is 0. The second kappa shape index (κ2) is 6.33. The summed E-state index contributed by atoms with van der Waals surface area (Å²) >= 11 is 0. The molecule has 1 nitrogen and oxygen atoms in total. The maximum Gasteiger partial charge on any atom is 0.0751 e. The highest BCUT2D eigenvalue weighted by Gasteiger charge is 2.13. The molecular formula is C18H21N. The lowest BCUT2D eigenvalue weighted by Gasteiger charge is -2.17. The summed E-state index contributed by atoms with van der Waals surface area (Å²) in [5.74, 6) is 0. The highest BCUT2D eigenvalue weighted by Crippen LogP contribution is 2.19. The van der Waals surface area contributed by atoms with Gasteiger partial charge in [-0.05, 0) is 43.9 Å². The van der Waals surface area contributed by atoms with Gasteiger partial charge < -0.3 is 0 Å². The highest BCUT2D eigenvalue weighted by atomic mass is 14.8. The highest BCUT2D eigenvalue weighted by molar-refractivity contribution is 6.12.